The van der Waals surface area contributed by atoms with E-state index in [9.17, 15) is 9.59 Å². The molecule has 4 N–H and O–H groups in total. The van der Waals surface area contributed by atoms with Crippen molar-refractivity contribution in [1.82, 2.24) is 5.32 Å². The van der Waals surface area contributed by atoms with Crippen LogP contribution in [-0.4, -0.2) is 18.0 Å². The molecule has 15 heavy (non-hydrogen) atoms. The molecule has 80 valence electrons. The largest absolute Gasteiger partial charge is 0.368 e. The van der Waals surface area contributed by atoms with Gasteiger partial charge in [-0.25, -0.2) is 4.79 Å². The molecule has 0 bridgehead atoms. The zero-order valence-electron chi connectivity index (χ0n) is 8.36. The van der Waals surface area contributed by atoms with Gasteiger partial charge in [-0.2, -0.15) is 0 Å². The highest BCUT2D eigenvalue weighted by molar-refractivity contribution is 5.93. The second kappa shape index (κ2) is 4.99. The number of hydrogen-bond donors (Lipinski definition) is 3. The molecule has 1 aromatic rings. The van der Waals surface area contributed by atoms with E-state index in [2.05, 4.69) is 10.6 Å². The van der Waals surface area contributed by atoms with Crippen molar-refractivity contribution in [2.24, 2.45) is 5.73 Å². The van der Waals surface area contributed by atoms with Crippen molar-refractivity contribution in [3.63, 3.8) is 0 Å². The quantitative estimate of drug-likeness (QED) is 0.681. The molecule has 1 atom stereocenters. The van der Waals surface area contributed by atoms with Crippen molar-refractivity contribution in [2.75, 3.05) is 5.32 Å². The van der Waals surface area contributed by atoms with Gasteiger partial charge in [0.15, 0.2) is 0 Å². The highest BCUT2D eigenvalue weighted by atomic mass is 16.2. The monoisotopic (exact) mass is 207 g/mol. The summed E-state index contributed by atoms with van der Waals surface area (Å²) in [7, 11) is 0. The molecule has 5 heteroatoms. The van der Waals surface area contributed by atoms with Crippen LogP contribution in [0.3, 0.4) is 0 Å². The Morgan fingerprint density at radius 2 is 1.87 bits per heavy atom. The van der Waals surface area contributed by atoms with Crippen molar-refractivity contribution in [1.29, 1.82) is 0 Å². The first-order chi connectivity index (χ1) is 7.09. The Labute approximate surface area is 87.7 Å². The van der Waals surface area contributed by atoms with Crippen molar-refractivity contribution in [2.45, 2.75) is 13.0 Å². The number of nitrogens with two attached hydrogens (primary N) is 1. The number of para-hydroxylation sites is 1. The van der Waals surface area contributed by atoms with Gasteiger partial charge in [0, 0.05) is 5.69 Å². The summed E-state index contributed by atoms with van der Waals surface area (Å²) >= 11 is 0. The second-order valence-corrected chi connectivity index (χ2v) is 3.09. The van der Waals surface area contributed by atoms with E-state index in [4.69, 9.17) is 5.73 Å². The first kappa shape index (κ1) is 11.0. The molecule has 0 fully saturated rings. The number of benzene rings is 1. The maximum absolute atomic E-state index is 11.3. The predicted molar refractivity (Wildman–Crippen MR) is 57.3 cm³/mol. The molecule has 3 amide bonds. The minimum absolute atomic E-state index is 0.451. The Bertz CT molecular complexity index is 351. The number of carbonyl (C=O) groups excluding carboxylic acids is 2. The van der Waals surface area contributed by atoms with Crippen LogP contribution in [0.25, 0.3) is 0 Å². The fraction of sp³-hybridized carbons (Fsp3) is 0.200. The van der Waals surface area contributed by atoms with Crippen LogP contribution in [0.2, 0.25) is 0 Å². The molecule has 0 aliphatic heterocycles. The summed E-state index contributed by atoms with van der Waals surface area (Å²) < 4.78 is 0. The lowest BCUT2D eigenvalue weighted by Gasteiger charge is -2.11. The van der Waals surface area contributed by atoms with Crippen LogP contribution in [0.4, 0.5) is 10.5 Å². The molecule has 0 aromatic heterocycles. The third-order valence-electron chi connectivity index (χ3n) is 1.81. The standard InChI is InChI=1S/C10H13N3O2/c1-7(9(11)14)12-10(15)13-8-5-3-2-4-6-8/h2-7H,1H3,(H2,11,14)(H2,12,13,15). The minimum Gasteiger partial charge on any atom is -0.368 e. The summed E-state index contributed by atoms with van der Waals surface area (Å²) in [5.74, 6) is -0.571. The maximum atomic E-state index is 11.3. The van der Waals surface area contributed by atoms with Gasteiger partial charge >= 0.3 is 6.03 Å². The van der Waals surface area contributed by atoms with E-state index >= 15 is 0 Å². The highest BCUT2D eigenvalue weighted by Crippen LogP contribution is 2.04. The van der Waals surface area contributed by atoms with E-state index in [1.165, 1.54) is 6.92 Å². The Morgan fingerprint density at radius 3 is 2.40 bits per heavy atom. The van der Waals surface area contributed by atoms with E-state index in [0.29, 0.717) is 5.69 Å². The minimum atomic E-state index is -0.686. The van der Waals surface area contributed by atoms with Gasteiger partial charge in [-0.1, -0.05) is 18.2 Å². The number of carbonyl (C=O) groups is 2. The number of rotatable bonds is 3. The van der Waals surface area contributed by atoms with Crippen molar-refractivity contribution < 1.29 is 9.59 Å². The smallest absolute Gasteiger partial charge is 0.319 e. The number of primary amides is 1. The summed E-state index contributed by atoms with van der Waals surface area (Å²) in [6, 6.07) is 7.79. The normalized spacial score (nSPS) is 11.5. The van der Waals surface area contributed by atoms with E-state index in [1.807, 2.05) is 6.07 Å². The molecular weight excluding hydrogens is 194 g/mol. The first-order valence-electron chi connectivity index (χ1n) is 4.51. The number of anilines is 1. The van der Waals surface area contributed by atoms with Gasteiger partial charge in [0.2, 0.25) is 5.91 Å². The average Bonchev–Trinajstić information content (AvgIpc) is 2.18. The van der Waals surface area contributed by atoms with Gasteiger partial charge in [0.05, 0.1) is 0 Å². The molecule has 0 heterocycles. The highest BCUT2D eigenvalue weighted by Gasteiger charge is 2.11. The summed E-state index contributed by atoms with van der Waals surface area (Å²) in [5, 5.41) is 4.97. The van der Waals surface area contributed by atoms with Gasteiger partial charge in [0.1, 0.15) is 6.04 Å². The fourth-order valence-electron chi connectivity index (χ4n) is 0.956. The molecule has 0 saturated heterocycles. The Hall–Kier alpha value is -2.04. The van der Waals surface area contributed by atoms with Gasteiger partial charge in [-0.3, -0.25) is 4.79 Å². The van der Waals surface area contributed by atoms with Gasteiger partial charge in [-0.05, 0) is 19.1 Å². The summed E-state index contributed by atoms with van der Waals surface area (Å²) in [4.78, 5) is 22.0. The maximum Gasteiger partial charge on any atom is 0.319 e. The summed E-state index contributed by atoms with van der Waals surface area (Å²) in [6.07, 6.45) is 0. The molecule has 0 radical (unpaired) electrons. The summed E-state index contributed by atoms with van der Waals surface area (Å²) in [5.41, 5.74) is 5.66. The molecule has 1 aromatic carbocycles. The zero-order valence-corrected chi connectivity index (χ0v) is 8.36. The lowest BCUT2D eigenvalue weighted by molar-refractivity contribution is -0.119. The van der Waals surface area contributed by atoms with E-state index in [-0.39, 0.29) is 0 Å². The number of urea groups is 1. The predicted octanol–water partition coefficient (Wildman–Crippen LogP) is 0.682. The molecule has 1 unspecified atom stereocenters. The molecule has 5 nitrogen and oxygen atoms in total. The molecule has 0 saturated carbocycles. The van der Waals surface area contributed by atoms with Crippen LogP contribution >= 0.6 is 0 Å². The fourth-order valence-corrected chi connectivity index (χ4v) is 0.956. The molecule has 0 aliphatic carbocycles. The Kier molecular flexibility index (Phi) is 3.68. The van der Waals surface area contributed by atoms with Crippen molar-refractivity contribution in [3.8, 4) is 0 Å². The lowest BCUT2D eigenvalue weighted by Crippen LogP contribution is -2.44. The molecule has 0 aliphatic rings. The van der Waals surface area contributed by atoms with Crippen LogP contribution in [0.5, 0.6) is 0 Å². The molecular formula is C10H13N3O2. The van der Waals surface area contributed by atoms with Gasteiger partial charge in [-0.15, -0.1) is 0 Å². The van der Waals surface area contributed by atoms with Crippen molar-refractivity contribution >= 4 is 17.6 Å². The third-order valence-corrected chi connectivity index (χ3v) is 1.81. The molecule has 1 rings (SSSR count). The van der Waals surface area contributed by atoms with Crippen molar-refractivity contribution in [3.05, 3.63) is 30.3 Å². The Morgan fingerprint density at radius 1 is 1.27 bits per heavy atom. The Balaban J connectivity index is 2.47. The first-order valence-corrected chi connectivity index (χ1v) is 4.51. The average molecular weight is 207 g/mol. The lowest BCUT2D eigenvalue weighted by atomic mass is 10.3. The van der Waals surface area contributed by atoms with Crippen LogP contribution < -0.4 is 16.4 Å². The van der Waals surface area contributed by atoms with E-state index in [0.717, 1.165) is 0 Å². The zero-order chi connectivity index (χ0) is 11.3. The second-order valence-electron chi connectivity index (χ2n) is 3.09. The number of nitrogens with one attached hydrogen (secondary N) is 2. The number of hydrogen-bond acceptors (Lipinski definition) is 2. The van der Waals surface area contributed by atoms with Crippen LogP contribution in [0, 0.1) is 0 Å². The summed E-state index contributed by atoms with van der Waals surface area (Å²) in [6.45, 7) is 1.52. The van der Waals surface area contributed by atoms with Crippen LogP contribution in [0.1, 0.15) is 6.92 Å². The third kappa shape index (κ3) is 3.68. The van der Waals surface area contributed by atoms with E-state index in [1.54, 1.807) is 24.3 Å². The van der Waals surface area contributed by atoms with Crippen LogP contribution in [0.15, 0.2) is 30.3 Å². The topological polar surface area (TPSA) is 84.2 Å². The molecule has 0 spiro atoms. The SMILES string of the molecule is CC(NC(=O)Nc1ccccc1)C(N)=O. The van der Waals surface area contributed by atoms with E-state index < -0.39 is 18.0 Å². The number of amides is 3. The van der Waals surface area contributed by atoms with Gasteiger partial charge in [0.25, 0.3) is 0 Å². The van der Waals surface area contributed by atoms with Crippen LogP contribution in [-0.2, 0) is 4.79 Å². The van der Waals surface area contributed by atoms with Gasteiger partial charge < -0.3 is 16.4 Å².